The molecule has 5 N–H and O–H groups in total. The van der Waals surface area contributed by atoms with Gasteiger partial charge in [0.05, 0.1) is 29.0 Å². The molecule has 0 aliphatic heterocycles. The van der Waals surface area contributed by atoms with Crippen molar-refractivity contribution in [3.63, 3.8) is 0 Å². The Morgan fingerprint density at radius 3 is 1.39 bits per heavy atom. The van der Waals surface area contributed by atoms with Crippen molar-refractivity contribution in [1.29, 1.82) is 0 Å². The van der Waals surface area contributed by atoms with E-state index in [4.69, 9.17) is 15.9 Å². The fraction of sp³-hybridized carbons (Fsp3) is 0.138. The van der Waals surface area contributed by atoms with Crippen LogP contribution in [0.1, 0.15) is 17.9 Å². The number of alkyl halides is 9. The Morgan fingerprint density at radius 2 is 0.958 bits per heavy atom. The average Bonchev–Trinajstić information content (AvgIpc) is 0.996. The molecule has 0 spiro atoms. The van der Waals surface area contributed by atoms with Gasteiger partial charge in [0, 0.05) is 75.9 Å². The Bertz CT molecular complexity index is 4690. The standard InChI is InChI=1S/C18H15N5O.C11H9F3N2O3S.C10H10N2O.C8H5F6NO4S2.C6H6BO3.C4H5BrN2.CH4/c1-22-9-8-15(21-22)14-5-3-2-4-13(14)12-6-7-17-20-10-16(18(19)24)23(17)11-12;1-16-7-6-9(15-16)8-4-2-3-5-10(8)19-20(17,18)11(12,13)14;1-12-7-6-9(11-12)8-4-2-3-5-10(8)13;9-7(10,11)20(16,17)15(6-4-2-1-3-5-6)21(18,19)8(12,13)14;8-5-3-1-2-4-6(5)10-7-9;1-7-3-2-4(5)6-7;/h2-11H,1H3,(H2,19,24);2-7H,1H3;2-7,13H,1H3;1-5H;1-4,8-9H;2-3H,1H3;1H4. The highest BCUT2D eigenvalue weighted by molar-refractivity contribution is 9.10. The van der Waals surface area contributed by atoms with Gasteiger partial charge in [0.2, 0.25) is 0 Å². The number of primary amides is 1. The number of phenols is 2. The number of hydrogen-bond donors (Lipinski definition) is 4. The van der Waals surface area contributed by atoms with E-state index in [2.05, 4.69) is 50.1 Å². The zero-order valence-electron chi connectivity index (χ0n) is 49.1. The number of hydrogen-bond acceptors (Lipinski definition) is 17. The molecule has 0 saturated carbocycles. The molecule has 6 heterocycles. The van der Waals surface area contributed by atoms with Crippen LogP contribution in [0.5, 0.6) is 23.0 Å². The second-order valence-electron chi connectivity index (χ2n) is 18.8. The highest BCUT2D eigenvalue weighted by Gasteiger charge is 2.61. The molecule has 0 atom stereocenters. The topological polar surface area (TPSA) is 316 Å². The number of aromatic nitrogens is 10. The average molecular weight is 1470 g/mol. The van der Waals surface area contributed by atoms with Crippen LogP contribution >= 0.6 is 15.9 Å². The first-order valence-corrected chi connectivity index (χ1v) is 31.3. The lowest BCUT2D eigenvalue weighted by atomic mass is 9.99. The van der Waals surface area contributed by atoms with Gasteiger partial charge >= 0.3 is 54.4 Å². The third kappa shape index (κ3) is 19.7. The zero-order chi connectivity index (χ0) is 70.3. The zero-order valence-corrected chi connectivity index (χ0v) is 53.2. The van der Waals surface area contributed by atoms with E-state index >= 15 is 0 Å². The number of aryl methyl sites for hydroxylation is 4. The molecule has 38 heteroatoms. The third-order valence-corrected chi connectivity index (χ3v) is 17.0. The number of carbonyl (C=O) groups excluding carboxylic acids is 1. The molecule has 24 nitrogen and oxygen atoms in total. The monoisotopic (exact) mass is 1470 g/mol. The summed E-state index contributed by atoms with van der Waals surface area (Å²) >= 11 is 3.20. The molecule has 509 valence electrons. The number of halogens is 10. The summed E-state index contributed by atoms with van der Waals surface area (Å²) in [5.41, 5.74) is -6.86. The van der Waals surface area contributed by atoms with Crippen LogP contribution in [-0.2, 0) is 58.4 Å². The number of nitrogens with two attached hydrogens (primary N) is 1. The molecule has 0 aliphatic rings. The van der Waals surface area contributed by atoms with Crippen LogP contribution in [0, 0.1) is 0 Å². The predicted octanol–water partition coefficient (Wildman–Crippen LogP) is 10.9. The molecule has 0 fully saturated rings. The first kappa shape index (κ1) is 76.5. The second-order valence-corrected chi connectivity index (χ2v) is 24.9. The third-order valence-electron chi connectivity index (χ3n) is 12.0. The van der Waals surface area contributed by atoms with Crippen LogP contribution in [0.2, 0.25) is 0 Å². The summed E-state index contributed by atoms with van der Waals surface area (Å²) in [6.45, 7) is 0. The molecule has 6 aromatic heterocycles. The van der Waals surface area contributed by atoms with Gasteiger partial charge in [-0.05, 0) is 112 Å². The van der Waals surface area contributed by atoms with Crippen LogP contribution in [0.25, 0.3) is 50.5 Å². The number of rotatable bonds is 12. The fourth-order valence-corrected chi connectivity index (χ4v) is 11.3. The highest BCUT2D eigenvalue weighted by atomic mass is 79.9. The van der Waals surface area contributed by atoms with Gasteiger partial charge in [0.1, 0.15) is 27.4 Å². The van der Waals surface area contributed by atoms with Gasteiger partial charge in [-0.1, -0.05) is 86.3 Å². The van der Waals surface area contributed by atoms with Gasteiger partial charge in [0.15, 0.2) is 11.5 Å². The molecule has 11 rings (SSSR count). The highest BCUT2D eigenvalue weighted by Crippen LogP contribution is 2.39. The molecule has 5 aromatic carbocycles. The Labute approximate surface area is 551 Å². The Hall–Kier alpha value is -10.2. The number of pyridine rings is 1. The van der Waals surface area contributed by atoms with Gasteiger partial charge in [0.25, 0.3) is 5.91 Å². The van der Waals surface area contributed by atoms with Crippen molar-refractivity contribution < 1.29 is 93.6 Å². The van der Waals surface area contributed by atoms with Crippen LogP contribution in [0.15, 0.2) is 206 Å². The Balaban J connectivity index is 0.000000216. The molecule has 0 unspecified atom stereocenters. The summed E-state index contributed by atoms with van der Waals surface area (Å²) < 4.78 is 195. The maximum Gasteiger partial charge on any atom is 0.569 e. The summed E-state index contributed by atoms with van der Waals surface area (Å²) in [4.78, 5) is 15.8. The predicted molar refractivity (Wildman–Crippen MR) is 339 cm³/mol. The molecule has 0 bridgehead atoms. The van der Waals surface area contributed by atoms with E-state index in [1.807, 2.05) is 113 Å². The number of para-hydroxylation sites is 5. The first-order valence-electron chi connectivity index (χ1n) is 26.2. The van der Waals surface area contributed by atoms with Crippen LogP contribution < -0.4 is 18.3 Å². The molecule has 0 saturated heterocycles. The second kappa shape index (κ2) is 32.3. The van der Waals surface area contributed by atoms with Gasteiger partial charge in [-0.2, -0.15) is 85.2 Å². The van der Waals surface area contributed by atoms with E-state index in [1.54, 1.807) is 62.0 Å². The van der Waals surface area contributed by atoms with Crippen molar-refractivity contribution in [2.75, 3.05) is 3.71 Å². The van der Waals surface area contributed by atoms with Crippen molar-refractivity contribution in [3.05, 3.63) is 211 Å². The fourth-order valence-electron chi connectivity index (χ4n) is 7.71. The minimum absolute atomic E-state index is 0. The van der Waals surface area contributed by atoms with E-state index in [-0.39, 0.29) is 30.2 Å². The molecule has 0 aliphatic carbocycles. The number of anilines is 1. The van der Waals surface area contributed by atoms with Gasteiger partial charge in [-0.25, -0.2) is 4.98 Å². The largest absolute Gasteiger partial charge is 0.569 e. The Morgan fingerprint density at radius 1 is 0.531 bits per heavy atom. The number of imidazole rings is 1. The number of benzene rings is 5. The number of amides is 1. The first-order chi connectivity index (χ1) is 44.5. The number of carbonyl (C=O) groups is 1. The van der Waals surface area contributed by atoms with Crippen molar-refractivity contribution in [2.45, 2.75) is 24.0 Å². The van der Waals surface area contributed by atoms with Crippen molar-refractivity contribution in [1.82, 2.24) is 48.5 Å². The lowest BCUT2D eigenvalue weighted by molar-refractivity contribution is -0.0501. The molecule has 96 heavy (non-hydrogen) atoms. The van der Waals surface area contributed by atoms with E-state index in [0.29, 0.717) is 36.9 Å². The van der Waals surface area contributed by atoms with E-state index in [1.165, 1.54) is 41.2 Å². The minimum atomic E-state index is -6.81. The summed E-state index contributed by atoms with van der Waals surface area (Å²) in [7, 11) is -11.6. The number of sulfonamides is 2. The molecule has 1 amide bonds. The van der Waals surface area contributed by atoms with Gasteiger partial charge in [-0.15, -0.1) is 3.71 Å². The number of aromatic hydroxyl groups is 2. The van der Waals surface area contributed by atoms with E-state index in [9.17, 15) is 74.7 Å². The van der Waals surface area contributed by atoms with Crippen LogP contribution in [0.3, 0.4) is 0 Å². The summed E-state index contributed by atoms with van der Waals surface area (Å²) in [6, 6.07) is 42.0. The molecular formula is C58H54BBrF9N12O12S3. The summed E-state index contributed by atoms with van der Waals surface area (Å²) in [5.74, 6) is -0.416. The summed E-state index contributed by atoms with van der Waals surface area (Å²) in [5, 5.41) is 43.3. The van der Waals surface area contributed by atoms with Crippen molar-refractivity contribution in [2.24, 2.45) is 33.9 Å². The van der Waals surface area contributed by atoms with Gasteiger partial charge < -0.3 is 29.8 Å². The maximum atomic E-state index is 12.4. The number of nitrogens with zero attached hydrogens (tertiary/aromatic N) is 11. The molecular weight excluding hydrogens is 1410 g/mol. The number of phenolic OH excluding ortho intramolecular Hbond substituents is 2. The van der Waals surface area contributed by atoms with Crippen molar-refractivity contribution in [3.8, 4) is 67.9 Å². The molecule has 11 aromatic rings. The number of fused-ring (bicyclic) bond motifs is 1. The minimum Gasteiger partial charge on any atom is -0.535 e. The smallest absolute Gasteiger partial charge is 0.535 e. The maximum absolute atomic E-state index is 12.4. The van der Waals surface area contributed by atoms with Crippen LogP contribution in [-0.4, -0.2) is 119 Å². The van der Waals surface area contributed by atoms with E-state index < -0.39 is 67.7 Å². The lowest BCUT2D eigenvalue weighted by Crippen LogP contribution is -2.49. The summed E-state index contributed by atoms with van der Waals surface area (Å²) in [6.07, 6.45) is 10.6. The van der Waals surface area contributed by atoms with Gasteiger partial charge in [-0.3, -0.25) is 27.9 Å². The lowest BCUT2D eigenvalue weighted by Gasteiger charge is -2.25. The normalized spacial score (nSPS) is 11.4. The molecule has 1 radical (unpaired) electrons. The quantitative estimate of drug-likeness (QED) is 0.0382. The van der Waals surface area contributed by atoms with E-state index in [0.717, 1.165) is 62.5 Å². The van der Waals surface area contributed by atoms with Crippen LogP contribution in [0.4, 0.5) is 45.2 Å². The Kier molecular flexibility index (Phi) is 25.8. The SMILES string of the molecule is C.Cn1ccc(-c2ccccc2-c2ccc3ncc(C(N)=O)n3c2)n1.Cn1ccc(-c2ccccc2O)n1.Cn1ccc(-c2ccccc2OS(=O)(=O)C(F)(F)F)n1.Cn1ccc(Br)n1.O=S(=O)(N(c1ccccc1)S(=O)(=O)C(F)(F)F)C(F)(F)F.O[B]Oc1ccccc1O. The van der Waals surface area contributed by atoms with Crippen molar-refractivity contribution >= 4 is 71.0 Å².